The molecule has 4 nitrogen and oxygen atoms in total. The van der Waals surface area contributed by atoms with Crippen LogP contribution < -0.4 is 15.4 Å². The number of ether oxygens (including phenoxy) is 1. The monoisotopic (exact) mass is 319 g/mol. The van der Waals surface area contributed by atoms with Crippen molar-refractivity contribution in [3.63, 3.8) is 0 Å². The summed E-state index contributed by atoms with van der Waals surface area (Å²) in [6.45, 7) is 1.52. The highest BCUT2D eigenvalue weighted by atomic mass is 16.5. The summed E-state index contributed by atoms with van der Waals surface area (Å²) in [7, 11) is 1.58. The van der Waals surface area contributed by atoms with Crippen LogP contribution >= 0.6 is 0 Å². The summed E-state index contributed by atoms with van der Waals surface area (Å²) in [5.41, 5.74) is 8.90. The van der Waals surface area contributed by atoms with Gasteiger partial charge in [0, 0.05) is 13.1 Å². The third-order valence-corrected chi connectivity index (χ3v) is 3.82. The number of hydrogen-bond acceptors (Lipinski definition) is 4. The van der Waals surface area contributed by atoms with Crippen molar-refractivity contribution in [3.8, 4) is 5.88 Å². The lowest BCUT2D eigenvalue weighted by molar-refractivity contribution is 0.400. The van der Waals surface area contributed by atoms with Gasteiger partial charge in [0.2, 0.25) is 5.88 Å². The van der Waals surface area contributed by atoms with E-state index in [2.05, 4.69) is 34.1 Å². The third kappa shape index (κ3) is 3.84. The number of benzene rings is 2. The van der Waals surface area contributed by atoms with Crippen molar-refractivity contribution in [2.75, 3.05) is 17.7 Å². The van der Waals surface area contributed by atoms with E-state index in [-0.39, 0.29) is 0 Å². The third-order valence-electron chi connectivity index (χ3n) is 3.82. The molecule has 4 heteroatoms. The minimum absolute atomic E-state index is 0.457. The van der Waals surface area contributed by atoms with E-state index in [1.807, 2.05) is 48.5 Å². The van der Waals surface area contributed by atoms with Crippen molar-refractivity contribution in [3.05, 3.63) is 83.9 Å². The van der Waals surface area contributed by atoms with Gasteiger partial charge in [-0.25, -0.2) is 0 Å². The second kappa shape index (κ2) is 7.51. The molecule has 0 unspecified atom stereocenters. The lowest BCUT2D eigenvalue weighted by atomic mass is 10.1. The van der Waals surface area contributed by atoms with Crippen molar-refractivity contribution in [2.45, 2.75) is 13.1 Å². The smallest absolute Gasteiger partial charge is 0.238 e. The molecule has 0 radical (unpaired) electrons. The van der Waals surface area contributed by atoms with E-state index in [1.54, 1.807) is 7.11 Å². The number of methoxy groups -OCH3 is 1. The molecule has 0 amide bonds. The first-order chi connectivity index (χ1) is 11.8. The van der Waals surface area contributed by atoms with Gasteiger partial charge < -0.3 is 15.4 Å². The van der Waals surface area contributed by atoms with Crippen LogP contribution in [0.2, 0.25) is 0 Å². The Morgan fingerprint density at radius 2 is 1.38 bits per heavy atom. The number of aromatic nitrogens is 1. The first-order valence-corrected chi connectivity index (χ1v) is 7.89. The number of nitrogens with two attached hydrogens (primary N) is 1. The molecule has 1 aromatic heterocycles. The molecule has 0 aliphatic carbocycles. The van der Waals surface area contributed by atoms with Crippen LogP contribution in [0, 0.1) is 0 Å². The van der Waals surface area contributed by atoms with Gasteiger partial charge >= 0.3 is 0 Å². The van der Waals surface area contributed by atoms with Gasteiger partial charge in [-0.1, -0.05) is 60.7 Å². The van der Waals surface area contributed by atoms with E-state index < -0.39 is 0 Å². The number of pyridine rings is 1. The molecule has 0 bridgehead atoms. The largest absolute Gasteiger partial charge is 0.479 e. The van der Waals surface area contributed by atoms with Gasteiger partial charge in [0.15, 0.2) is 0 Å². The molecule has 0 saturated carbocycles. The second-order valence-corrected chi connectivity index (χ2v) is 5.60. The molecule has 2 aromatic carbocycles. The van der Waals surface area contributed by atoms with Crippen molar-refractivity contribution in [1.29, 1.82) is 0 Å². The Morgan fingerprint density at radius 3 is 1.88 bits per heavy atom. The van der Waals surface area contributed by atoms with Gasteiger partial charge in [-0.2, -0.15) is 4.98 Å². The molecule has 0 fully saturated rings. The van der Waals surface area contributed by atoms with E-state index in [0.717, 1.165) is 18.9 Å². The minimum atomic E-state index is 0.457. The summed E-state index contributed by atoms with van der Waals surface area (Å²) < 4.78 is 5.27. The summed E-state index contributed by atoms with van der Waals surface area (Å²) in [5, 5.41) is 0. The molecule has 3 rings (SSSR count). The fourth-order valence-corrected chi connectivity index (χ4v) is 2.61. The molecule has 0 spiro atoms. The van der Waals surface area contributed by atoms with Crippen LogP contribution in [0.15, 0.2) is 72.8 Å². The van der Waals surface area contributed by atoms with E-state index in [4.69, 9.17) is 10.5 Å². The lowest BCUT2D eigenvalue weighted by Gasteiger charge is -2.24. The Balaban J connectivity index is 1.91. The average molecular weight is 319 g/mol. The highest BCUT2D eigenvalue weighted by molar-refractivity contribution is 5.55. The summed E-state index contributed by atoms with van der Waals surface area (Å²) in [4.78, 5) is 6.78. The molecule has 2 N–H and O–H groups in total. The summed E-state index contributed by atoms with van der Waals surface area (Å²) in [6, 6.07) is 24.5. The maximum atomic E-state index is 5.90. The van der Waals surface area contributed by atoms with Crippen LogP contribution in [0.1, 0.15) is 11.1 Å². The van der Waals surface area contributed by atoms with Gasteiger partial charge in [-0.15, -0.1) is 0 Å². The number of rotatable bonds is 6. The van der Waals surface area contributed by atoms with Gasteiger partial charge in [-0.3, -0.25) is 0 Å². The maximum absolute atomic E-state index is 5.90. The van der Waals surface area contributed by atoms with Crippen LogP contribution in [0.5, 0.6) is 5.88 Å². The highest BCUT2D eigenvalue weighted by Gasteiger charge is 2.12. The summed E-state index contributed by atoms with van der Waals surface area (Å²) in [6.07, 6.45) is 0. The first-order valence-electron chi connectivity index (χ1n) is 7.89. The molecule has 1 heterocycles. The van der Waals surface area contributed by atoms with E-state index >= 15 is 0 Å². The number of nitrogens with zero attached hydrogens (tertiary/aromatic N) is 2. The summed E-state index contributed by atoms with van der Waals surface area (Å²) in [5.74, 6) is 1.30. The minimum Gasteiger partial charge on any atom is -0.479 e. The maximum Gasteiger partial charge on any atom is 0.238 e. The predicted molar refractivity (Wildman–Crippen MR) is 98.0 cm³/mol. The van der Waals surface area contributed by atoms with Gasteiger partial charge in [0.05, 0.1) is 12.8 Å². The molecule has 122 valence electrons. The standard InChI is InChI=1S/C20H21N3O/c1-24-20-18(21)12-13-19(22-20)23(14-16-8-4-2-5-9-16)15-17-10-6-3-7-11-17/h2-13H,14-15,21H2,1H3. The quantitative estimate of drug-likeness (QED) is 0.749. The molecule has 0 saturated heterocycles. The SMILES string of the molecule is COc1nc(N(Cc2ccccc2)Cc2ccccc2)ccc1N. The Morgan fingerprint density at radius 1 is 0.833 bits per heavy atom. The van der Waals surface area contributed by atoms with Gasteiger partial charge in [-0.05, 0) is 23.3 Å². The van der Waals surface area contributed by atoms with Crippen LogP contribution in [0.3, 0.4) is 0 Å². The zero-order valence-corrected chi connectivity index (χ0v) is 13.7. The van der Waals surface area contributed by atoms with E-state index in [9.17, 15) is 0 Å². The zero-order valence-electron chi connectivity index (χ0n) is 13.7. The molecule has 0 aliphatic rings. The Kier molecular flexibility index (Phi) is 4.96. The van der Waals surface area contributed by atoms with E-state index in [1.165, 1.54) is 11.1 Å². The molecule has 0 aliphatic heterocycles. The van der Waals surface area contributed by atoms with Crippen LogP contribution in [0.4, 0.5) is 11.5 Å². The fraction of sp³-hybridized carbons (Fsp3) is 0.150. The van der Waals surface area contributed by atoms with E-state index in [0.29, 0.717) is 11.6 Å². The number of nitrogen functional groups attached to an aromatic ring is 1. The molecule has 3 aromatic rings. The van der Waals surface area contributed by atoms with Crippen LogP contribution in [-0.2, 0) is 13.1 Å². The molecule has 0 atom stereocenters. The highest BCUT2D eigenvalue weighted by Crippen LogP contribution is 2.25. The van der Waals surface area contributed by atoms with Crippen molar-refractivity contribution >= 4 is 11.5 Å². The van der Waals surface area contributed by atoms with Crippen molar-refractivity contribution < 1.29 is 4.74 Å². The van der Waals surface area contributed by atoms with Gasteiger partial charge in [0.25, 0.3) is 0 Å². The summed E-state index contributed by atoms with van der Waals surface area (Å²) >= 11 is 0. The first kappa shape index (κ1) is 15.9. The Bertz CT molecular complexity index is 734. The van der Waals surface area contributed by atoms with Crippen LogP contribution in [0.25, 0.3) is 0 Å². The number of anilines is 2. The zero-order chi connectivity index (χ0) is 16.8. The second-order valence-electron chi connectivity index (χ2n) is 5.60. The van der Waals surface area contributed by atoms with Crippen molar-refractivity contribution in [2.24, 2.45) is 0 Å². The Labute approximate surface area is 142 Å². The normalized spacial score (nSPS) is 10.4. The van der Waals surface area contributed by atoms with Crippen molar-refractivity contribution in [1.82, 2.24) is 4.98 Å². The Hall–Kier alpha value is -3.01. The molecule has 24 heavy (non-hydrogen) atoms. The van der Waals surface area contributed by atoms with Crippen LogP contribution in [-0.4, -0.2) is 12.1 Å². The fourth-order valence-electron chi connectivity index (χ4n) is 2.61. The average Bonchev–Trinajstić information content (AvgIpc) is 2.63. The predicted octanol–water partition coefficient (Wildman–Crippen LogP) is 3.88. The number of hydrogen-bond donors (Lipinski definition) is 1. The molecular weight excluding hydrogens is 298 g/mol. The lowest BCUT2D eigenvalue weighted by Crippen LogP contribution is -2.23. The van der Waals surface area contributed by atoms with Gasteiger partial charge in [0.1, 0.15) is 5.82 Å². The molecular formula is C20H21N3O. The topological polar surface area (TPSA) is 51.4 Å².